The average Bonchev–Trinajstić information content (AvgIpc) is 3.44. The van der Waals surface area contributed by atoms with E-state index in [4.69, 9.17) is 11.6 Å². The fourth-order valence-corrected chi connectivity index (χ4v) is 5.80. The standard InChI is InChI=1S/C26H17ClN4O2S2.Na/c27-15-9-11-16(12-10-15)34-14-21-24(20-13-22(32)17-5-1-2-6-18(17)28-20)25(33)31(30-21)26-29-19-7-3-4-8-23(19)35-26;/h1-13H,14H2,(H2,28,30,32,33);/q;+1/p-1. The van der Waals surface area contributed by atoms with Crippen molar-refractivity contribution in [2.24, 2.45) is 0 Å². The minimum atomic E-state index is -0.294. The molecule has 0 unspecified atom stereocenters. The van der Waals surface area contributed by atoms with E-state index in [0.717, 1.165) is 15.1 Å². The Labute approximate surface area is 240 Å². The van der Waals surface area contributed by atoms with Gasteiger partial charge in [0.05, 0.1) is 15.9 Å². The normalized spacial score (nSPS) is 11.1. The molecule has 0 bridgehead atoms. The van der Waals surface area contributed by atoms with Gasteiger partial charge in [-0.25, -0.2) is 4.98 Å². The Morgan fingerprint density at radius 3 is 2.56 bits per heavy atom. The molecule has 36 heavy (non-hydrogen) atoms. The second-order valence-electron chi connectivity index (χ2n) is 7.84. The molecule has 0 fully saturated rings. The molecule has 6 aromatic rings. The minimum absolute atomic E-state index is 0. The summed E-state index contributed by atoms with van der Waals surface area (Å²) in [5.41, 5.74) is 2.29. The molecule has 0 aliphatic carbocycles. The van der Waals surface area contributed by atoms with Crippen LogP contribution in [0, 0.1) is 0 Å². The molecule has 3 aromatic carbocycles. The molecule has 0 saturated carbocycles. The molecule has 10 heteroatoms. The Balaban J connectivity index is 0.00000267. The van der Waals surface area contributed by atoms with Gasteiger partial charge in [-0.3, -0.25) is 14.7 Å². The van der Waals surface area contributed by atoms with E-state index in [-0.39, 0.29) is 40.5 Å². The number of benzene rings is 3. The Morgan fingerprint density at radius 1 is 1.00 bits per heavy atom. The van der Waals surface area contributed by atoms with Gasteiger partial charge in [0.1, 0.15) is 0 Å². The summed E-state index contributed by atoms with van der Waals surface area (Å²) in [6, 6.07) is 23.8. The van der Waals surface area contributed by atoms with Crippen LogP contribution in [0.3, 0.4) is 0 Å². The zero-order valence-electron chi connectivity index (χ0n) is 19.1. The van der Waals surface area contributed by atoms with Crippen molar-refractivity contribution in [3.63, 3.8) is 0 Å². The zero-order valence-corrected chi connectivity index (χ0v) is 23.5. The Hall–Kier alpha value is -2.59. The number of para-hydroxylation sites is 2. The van der Waals surface area contributed by atoms with E-state index in [1.54, 1.807) is 30.0 Å². The summed E-state index contributed by atoms with van der Waals surface area (Å²) < 4.78 is 2.42. The van der Waals surface area contributed by atoms with Crippen molar-refractivity contribution in [2.45, 2.75) is 10.6 Å². The second kappa shape index (κ2) is 10.4. The third-order valence-corrected chi connectivity index (χ3v) is 7.88. The van der Waals surface area contributed by atoms with Crippen molar-refractivity contribution < 1.29 is 29.6 Å². The molecule has 0 radical (unpaired) electrons. The van der Waals surface area contributed by atoms with E-state index in [0.29, 0.717) is 43.8 Å². The summed E-state index contributed by atoms with van der Waals surface area (Å²) >= 11 is 8.99. The molecule has 172 valence electrons. The Bertz CT molecular complexity index is 1790. The number of H-pyrrole nitrogens is 1. The predicted octanol–water partition coefficient (Wildman–Crippen LogP) is 2.86. The summed E-state index contributed by atoms with van der Waals surface area (Å²) in [5.74, 6) is 0.465. The fraction of sp³-hybridized carbons (Fsp3) is 0.0385. The van der Waals surface area contributed by atoms with E-state index in [2.05, 4.69) is 15.1 Å². The number of fused-ring (bicyclic) bond motifs is 2. The van der Waals surface area contributed by atoms with Crippen LogP contribution in [0.15, 0.2) is 93.3 Å². The maximum atomic E-state index is 13.7. The zero-order chi connectivity index (χ0) is 23.9. The van der Waals surface area contributed by atoms with Crippen molar-refractivity contribution in [2.75, 3.05) is 0 Å². The summed E-state index contributed by atoms with van der Waals surface area (Å²) in [6.45, 7) is 0. The van der Waals surface area contributed by atoms with Crippen molar-refractivity contribution >= 4 is 55.8 Å². The minimum Gasteiger partial charge on any atom is -0.656 e. The van der Waals surface area contributed by atoms with Crippen LogP contribution < -0.4 is 45.5 Å². The van der Waals surface area contributed by atoms with E-state index in [1.165, 1.54) is 22.1 Å². The van der Waals surface area contributed by atoms with Crippen LogP contribution in [-0.4, -0.2) is 14.8 Å². The van der Waals surface area contributed by atoms with Gasteiger partial charge in [0.2, 0.25) is 5.13 Å². The molecule has 6 rings (SSSR count). The topological polar surface area (TPSA) is 81.8 Å². The van der Waals surface area contributed by atoms with Crippen molar-refractivity contribution in [1.29, 1.82) is 0 Å². The molecular weight excluding hydrogens is 523 g/mol. The van der Waals surface area contributed by atoms with Gasteiger partial charge in [0.15, 0.2) is 5.43 Å². The summed E-state index contributed by atoms with van der Waals surface area (Å²) in [6.07, 6.45) is 0. The number of hydrogen-bond acceptors (Lipinski definition) is 5. The molecule has 0 spiro atoms. The SMILES string of the molecule is O=c1cc(-c2c(CSc3ccc(Cl)cc3)[nH]n(-c3nc4ccccc4s3)c2=O)[n-]c2ccccc12.[Na+]. The van der Waals surface area contributed by atoms with Gasteiger partial charge >= 0.3 is 29.6 Å². The van der Waals surface area contributed by atoms with Crippen molar-refractivity contribution in [3.8, 4) is 16.4 Å². The van der Waals surface area contributed by atoms with Crippen LogP contribution in [0.1, 0.15) is 5.69 Å². The molecule has 3 heterocycles. The van der Waals surface area contributed by atoms with Crippen LogP contribution in [0.4, 0.5) is 0 Å². The van der Waals surface area contributed by atoms with Gasteiger partial charge in [-0.1, -0.05) is 59.3 Å². The van der Waals surface area contributed by atoms with Gasteiger partial charge in [-0.05, 0) is 42.5 Å². The molecule has 1 N–H and O–H groups in total. The van der Waals surface area contributed by atoms with Crippen LogP contribution in [0.5, 0.6) is 0 Å². The van der Waals surface area contributed by atoms with Crippen LogP contribution >= 0.6 is 34.7 Å². The molecule has 0 aliphatic heterocycles. The number of halogens is 1. The summed E-state index contributed by atoms with van der Waals surface area (Å²) in [7, 11) is 0. The van der Waals surface area contributed by atoms with Crippen LogP contribution in [0.25, 0.3) is 37.5 Å². The van der Waals surface area contributed by atoms with E-state index < -0.39 is 0 Å². The van der Waals surface area contributed by atoms with Gasteiger partial charge < -0.3 is 4.98 Å². The number of aromatic amines is 1. The van der Waals surface area contributed by atoms with Gasteiger partial charge in [-0.2, -0.15) is 4.68 Å². The first-order valence-corrected chi connectivity index (χ1v) is 12.9. The summed E-state index contributed by atoms with van der Waals surface area (Å²) in [5, 5.41) is 4.95. The third kappa shape index (κ3) is 4.72. The molecule has 6 nitrogen and oxygen atoms in total. The molecule has 0 amide bonds. The first-order valence-electron chi connectivity index (χ1n) is 10.7. The number of pyridine rings is 1. The maximum Gasteiger partial charge on any atom is 1.00 e. The Kier molecular flexibility index (Phi) is 7.25. The van der Waals surface area contributed by atoms with E-state index in [1.807, 2.05) is 54.6 Å². The third-order valence-electron chi connectivity index (χ3n) is 5.57. The van der Waals surface area contributed by atoms with Crippen molar-refractivity contribution in [1.82, 2.24) is 19.7 Å². The average molecular weight is 539 g/mol. The van der Waals surface area contributed by atoms with Gasteiger partial charge in [-0.15, -0.1) is 23.0 Å². The number of thioether (sulfide) groups is 1. The molecular formula is C26H16ClN4NaO2S2. The van der Waals surface area contributed by atoms with Crippen LogP contribution in [0.2, 0.25) is 5.02 Å². The molecule has 0 atom stereocenters. The quantitative estimate of drug-likeness (QED) is 0.270. The molecule has 3 aromatic heterocycles. The maximum absolute atomic E-state index is 13.7. The molecule has 0 saturated heterocycles. The summed E-state index contributed by atoms with van der Waals surface area (Å²) in [4.78, 5) is 36.8. The second-order valence-corrected chi connectivity index (χ2v) is 10.3. The number of nitrogens with zero attached hydrogens (tertiary/aromatic N) is 3. The Morgan fingerprint density at radius 2 is 1.75 bits per heavy atom. The first kappa shape index (κ1) is 25.1. The fourth-order valence-electron chi connectivity index (χ4n) is 3.90. The largest absolute Gasteiger partial charge is 1.00 e. The number of rotatable bonds is 5. The number of nitrogens with one attached hydrogen (secondary N) is 1. The van der Waals surface area contributed by atoms with Gasteiger partial charge in [0.25, 0.3) is 5.56 Å². The first-order chi connectivity index (χ1) is 17.1. The smallest absolute Gasteiger partial charge is 0.656 e. The molecule has 0 aliphatic rings. The van der Waals surface area contributed by atoms with Crippen molar-refractivity contribution in [3.05, 3.63) is 110 Å². The van der Waals surface area contributed by atoms with Gasteiger partial charge in [0, 0.05) is 26.6 Å². The van der Waals surface area contributed by atoms with E-state index in [9.17, 15) is 9.59 Å². The predicted molar refractivity (Wildman–Crippen MR) is 143 cm³/mol. The number of thiazole rings is 1. The number of hydrogen-bond donors (Lipinski definition) is 1. The van der Waals surface area contributed by atoms with E-state index >= 15 is 0 Å². The number of aromatic nitrogens is 4. The van der Waals surface area contributed by atoms with Crippen LogP contribution in [-0.2, 0) is 5.75 Å². The monoisotopic (exact) mass is 538 g/mol.